The number of hydrogen-bond donors (Lipinski definition) is 0. The molecule has 2 heterocycles. The molecule has 0 saturated carbocycles. The summed E-state index contributed by atoms with van der Waals surface area (Å²) >= 11 is 1.64. The van der Waals surface area contributed by atoms with E-state index in [-0.39, 0.29) is 0 Å². The van der Waals surface area contributed by atoms with Crippen LogP contribution >= 0.6 is 11.3 Å². The fraction of sp³-hybridized carbons (Fsp3) is 0.280. The third-order valence-corrected chi connectivity index (χ3v) is 6.42. The second kappa shape index (κ2) is 9.87. The van der Waals surface area contributed by atoms with E-state index in [1.807, 2.05) is 36.9 Å². The van der Waals surface area contributed by atoms with Gasteiger partial charge in [0.25, 0.3) is 0 Å². The number of aromatic nitrogens is 3. The quantitative estimate of drug-likeness (QED) is 0.364. The molecule has 0 aliphatic rings. The van der Waals surface area contributed by atoms with E-state index < -0.39 is 0 Å². The Balaban J connectivity index is 1.78. The van der Waals surface area contributed by atoms with Crippen molar-refractivity contribution >= 4 is 17.0 Å². The van der Waals surface area contributed by atoms with Crippen molar-refractivity contribution in [3.8, 4) is 22.8 Å². The Labute approximate surface area is 192 Å². The van der Waals surface area contributed by atoms with Crippen molar-refractivity contribution in [3.63, 3.8) is 0 Å². The molecule has 32 heavy (non-hydrogen) atoms. The molecular formula is C25H28N4O2S. The molecule has 0 N–H and O–H groups in total. The van der Waals surface area contributed by atoms with Crippen LogP contribution < -0.4 is 14.3 Å². The number of benzene rings is 2. The molecule has 7 heteroatoms. The number of rotatable bonds is 8. The Kier molecular flexibility index (Phi) is 6.75. The van der Waals surface area contributed by atoms with E-state index in [0.29, 0.717) is 0 Å². The van der Waals surface area contributed by atoms with Crippen LogP contribution in [0.2, 0.25) is 0 Å². The summed E-state index contributed by atoms with van der Waals surface area (Å²) in [5.41, 5.74) is 5.53. The average molecular weight is 449 g/mol. The van der Waals surface area contributed by atoms with E-state index in [4.69, 9.17) is 14.5 Å². The number of methoxy groups -OCH3 is 2. The summed E-state index contributed by atoms with van der Waals surface area (Å²) in [5, 5.41) is 2.15. The molecule has 0 atom stereocenters. The number of aryl methyl sites for hydroxylation is 3. The molecule has 0 bridgehead atoms. The summed E-state index contributed by atoms with van der Waals surface area (Å²) < 4.78 is 15.5. The first-order valence-corrected chi connectivity index (χ1v) is 11.5. The maximum Gasteiger partial charge on any atom is 0.190 e. The zero-order valence-corrected chi connectivity index (χ0v) is 19.7. The van der Waals surface area contributed by atoms with Gasteiger partial charge in [-0.15, -0.1) is 11.3 Å². The van der Waals surface area contributed by atoms with Gasteiger partial charge in [0.05, 0.1) is 31.9 Å². The zero-order valence-electron chi connectivity index (χ0n) is 18.9. The van der Waals surface area contributed by atoms with Gasteiger partial charge >= 0.3 is 0 Å². The highest BCUT2D eigenvalue weighted by Gasteiger charge is 2.14. The van der Waals surface area contributed by atoms with Crippen molar-refractivity contribution in [2.75, 3.05) is 14.2 Å². The standard InChI is InChI=1S/C25H28N4O2S/c1-18-6-7-20(14-19(18)2)27-25-29(12-5-11-28-13-10-26-17-28)23(16-32-25)22-15-21(30-3)8-9-24(22)31-4/h6-10,13-17H,5,11-12H2,1-4H3. The predicted octanol–water partition coefficient (Wildman–Crippen LogP) is 5.37. The number of imidazole rings is 1. The van der Waals surface area contributed by atoms with Gasteiger partial charge in [0.15, 0.2) is 4.80 Å². The molecule has 2 aromatic heterocycles. The molecule has 0 unspecified atom stereocenters. The lowest BCUT2D eigenvalue weighted by molar-refractivity contribution is 0.404. The third-order valence-electron chi connectivity index (χ3n) is 5.55. The summed E-state index contributed by atoms with van der Waals surface area (Å²) in [5.74, 6) is 1.61. The number of nitrogens with zero attached hydrogens (tertiary/aromatic N) is 4. The molecule has 4 rings (SSSR count). The van der Waals surface area contributed by atoms with E-state index in [1.54, 1.807) is 25.6 Å². The summed E-state index contributed by atoms with van der Waals surface area (Å²) in [6, 6.07) is 12.2. The third kappa shape index (κ3) is 4.78. The number of ether oxygens (including phenoxy) is 2. The molecule has 0 spiro atoms. The van der Waals surface area contributed by atoms with Gasteiger partial charge in [-0.3, -0.25) is 0 Å². The molecule has 0 saturated heterocycles. The number of thiazole rings is 1. The van der Waals surface area contributed by atoms with Crippen molar-refractivity contribution < 1.29 is 9.47 Å². The van der Waals surface area contributed by atoms with Crippen LogP contribution in [0.3, 0.4) is 0 Å². The van der Waals surface area contributed by atoms with Crippen LogP contribution in [0.15, 0.2) is 65.5 Å². The van der Waals surface area contributed by atoms with E-state index in [0.717, 1.165) is 52.8 Å². The van der Waals surface area contributed by atoms with Crippen LogP contribution in [0.1, 0.15) is 17.5 Å². The minimum atomic E-state index is 0.796. The van der Waals surface area contributed by atoms with Crippen LogP contribution in [0.5, 0.6) is 11.5 Å². The lowest BCUT2D eigenvalue weighted by Gasteiger charge is -2.14. The zero-order chi connectivity index (χ0) is 22.5. The lowest BCUT2D eigenvalue weighted by atomic mass is 10.1. The van der Waals surface area contributed by atoms with Gasteiger partial charge in [0.1, 0.15) is 11.5 Å². The summed E-state index contributed by atoms with van der Waals surface area (Å²) in [7, 11) is 3.38. The van der Waals surface area contributed by atoms with Crippen LogP contribution in [0.25, 0.3) is 11.3 Å². The van der Waals surface area contributed by atoms with E-state index in [2.05, 4.69) is 51.5 Å². The molecule has 0 aliphatic carbocycles. The van der Waals surface area contributed by atoms with Crippen molar-refractivity contribution in [1.82, 2.24) is 14.1 Å². The fourth-order valence-electron chi connectivity index (χ4n) is 3.60. The first-order chi connectivity index (χ1) is 15.6. The molecule has 0 aliphatic heterocycles. The van der Waals surface area contributed by atoms with Gasteiger partial charge in [0.2, 0.25) is 0 Å². The molecule has 0 amide bonds. The molecule has 0 fully saturated rings. The van der Waals surface area contributed by atoms with E-state index in [9.17, 15) is 0 Å². The molecule has 0 radical (unpaired) electrons. The highest BCUT2D eigenvalue weighted by atomic mass is 32.1. The predicted molar refractivity (Wildman–Crippen MR) is 129 cm³/mol. The summed E-state index contributed by atoms with van der Waals surface area (Å²) in [6.07, 6.45) is 6.60. The van der Waals surface area contributed by atoms with E-state index >= 15 is 0 Å². The fourth-order valence-corrected chi connectivity index (χ4v) is 4.55. The molecule has 6 nitrogen and oxygen atoms in total. The minimum Gasteiger partial charge on any atom is -0.497 e. The molecule has 4 aromatic rings. The Bertz CT molecular complexity index is 1260. The van der Waals surface area contributed by atoms with Crippen molar-refractivity contribution in [1.29, 1.82) is 0 Å². The second-order valence-electron chi connectivity index (χ2n) is 7.66. The molecule has 166 valence electrons. The Hall–Kier alpha value is -3.32. The van der Waals surface area contributed by atoms with E-state index in [1.165, 1.54) is 11.1 Å². The van der Waals surface area contributed by atoms with Gasteiger partial charge < -0.3 is 18.6 Å². The summed E-state index contributed by atoms with van der Waals surface area (Å²) in [6.45, 7) is 5.95. The van der Waals surface area contributed by atoms with Crippen molar-refractivity contribution in [3.05, 3.63) is 76.4 Å². The maximum absolute atomic E-state index is 5.67. The summed E-state index contributed by atoms with van der Waals surface area (Å²) in [4.78, 5) is 10.1. The topological polar surface area (TPSA) is 53.6 Å². The Morgan fingerprint density at radius 3 is 2.59 bits per heavy atom. The van der Waals surface area contributed by atoms with Crippen LogP contribution in [0, 0.1) is 13.8 Å². The van der Waals surface area contributed by atoms with Gasteiger partial charge in [-0.05, 0) is 61.7 Å². The maximum atomic E-state index is 5.67. The normalized spacial score (nSPS) is 11.7. The van der Waals surface area contributed by atoms with Crippen LogP contribution in [0.4, 0.5) is 5.69 Å². The highest BCUT2D eigenvalue weighted by molar-refractivity contribution is 7.07. The largest absolute Gasteiger partial charge is 0.497 e. The molecule has 2 aromatic carbocycles. The van der Waals surface area contributed by atoms with Gasteiger partial charge in [-0.1, -0.05) is 6.07 Å². The van der Waals surface area contributed by atoms with Crippen LogP contribution in [-0.4, -0.2) is 28.3 Å². The smallest absolute Gasteiger partial charge is 0.190 e. The lowest BCUT2D eigenvalue weighted by Crippen LogP contribution is -2.17. The highest BCUT2D eigenvalue weighted by Crippen LogP contribution is 2.34. The van der Waals surface area contributed by atoms with Gasteiger partial charge in [-0.2, -0.15) is 0 Å². The average Bonchev–Trinajstić information content (AvgIpc) is 3.46. The first kappa shape index (κ1) is 21.9. The molecular weight excluding hydrogens is 420 g/mol. The van der Waals surface area contributed by atoms with Crippen LogP contribution in [-0.2, 0) is 13.1 Å². The SMILES string of the molecule is COc1ccc(OC)c(-c2csc(=Nc3ccc(C)c(C)c3)n2CCCn2ccnc2)c1. The Morgan fingerprint density at radius 1 is 1.00 bits per heavy atom. The Morgan fingerprint density at radius 2 is 1.88 bits per heavy atom. The van der Waals surface area contributed by atoms with Crippen molar-refractivity contribution in [2.45, 2.75) is 33.4 Å². The second-order valence-corrected chi connectivity index (χ2v) is 8.49. The van der Waals surface area contributed by atoms with Crippen molar-refractivity contribution in [2.24, 2.45) is 4.99 Å². The minimum absolute atomic E-state index is 0.796. The van der Waals surface area contributed by atoms with Gasteiger partial charge in [0, 0.05) is 36.4 Å². The first-order valence-electron chi connectivity index (χ1n) is 10.6. The number of hydrogen-bond acceptors (Lipinski definition) is 5. The van der Waals surface area contributed by atoms with Gasteiger partial charge in [-0.25, -0.2) is 9.98 Å². The monoisotopic (exact) mass is 448 g/mol.